The third-order valence-electron chi connectivity index (χ3n) is 12.8. The highest BCUT2D eigenvalue weighted by Gasteiger charge is 2.25. The van der Waals surface area contributed by atoms with Gasteiger partial charge in [-0.05, 0) is 83.5 Å². The summed E-state index contributed by atoms with van der Waals surface area (Å²) in [5, 5.41) is 11.7. The van der Waals surface area contributed by atoms with Gasteiger partial charge in [-0.1, -0.05) is 222 Å². The molecule has 8 nitrogen and oxygen atoms in total. The van der Waals surface area contributed by atoms with Crippen molar-refractivity contribution >= 4 is 17.9 Å². The van der Waals surface area contributed by atoms with Crippen molar-refractivity contribution < 1.29 is 38.2 Å². The zero-order valence-electron chi connectivity index (χ0n) is 46.2. The SMILES string of the molecule is CC/C=C/C/C=C/C/C=C/C/C=C/CCCCCCCCCCCCC(=O)OC(COCCC(C(=O)[O-])[N+](C)(C)C)COC(=O)CCCCCCCCC/C=C/C/C=C/CCCCCCCCCCC. The Labute approximate surface area is 431 Å². The Morgan fingerprint density at radius 1 is 0.443 bits per heavy atom. The first-order valence-corrected chi connectivity index (χ1v) is 29.0. The van der Waals surface area contributed by atoms with Gasteiger partial charge in [0.25, 0.3) is 0 Å². The molecule has 0 N–H and O–H groups in total. The zero-order chi connectivity index (χ0) is 51.3. The maximum absolute atomic E-state index is 12.8. The van der Waals surface area contributed by atoms with Gasteiger partial charge in [-0.3, -0.25) is 9.59 Å². The lowest BCUT2D eigenvalue weighted by Gasteiger charge is -2.34. The summed E-state index contributed by atoms with van der Waals surface area (Å²) >= 11 is 0. The normalized spacial score (nSPS) is 13.3. The molecule has 0 aliphatic rings. The van der Waals surface area contributed by atoms with Crippen LogP contribution in [0.25, 0.3) is 0 Å². The maximum atomic E-state index is 12.8. The van der Waals surface area contributed by atoms with E-state index in [9.17, 15) is 19.5 Å². The minimum absolute atomic E-state index is 0.0344. The Hall–Kier alpha value is -3.23. The van der Waals surface area contributed by atoms with Crippen LogP contribution >= 0.6 is 0 Å². The van der Waals surface area contributed by atoms with Gasteiger partial charge in [-0.2, -0.15) is 0 Å². The van der Waals surface area contributed by atoms with Crippen LogP contribution in [0.5, 0.6) is 0 Å². The number of hydrogen-bond acceptors (Lipinski definition) is 7. The molecule has 0 heterocycles. The van der Waals surface area contributed by atoms with Crippen molar-refractivity contribution in [2.75, 3.05) is 41.0 Å². The number of esters is 2. The number of rotatable bonds is 52. The van der Waals surface area contributed by atoms with Gasteiger partial charge < -0.3 is 28.6 Å². The molecule has 8 heteroatoms. The topological polar surface area (TPSA) is 102 Å². The molecule has 0 aromatic heterocycles. The summed E-state index contributed by atoms with van der Waals surface area (Å²) in [6, 6.07) is -0.732. The summed E-state index contributed by atoms with van der Waals surface area (Å²) in [7, 11) is 5.42. The molecule has 0 aromatic rings. The lowest BCUT2D eigenvalue weighted by atomic mass is 10.0. The molecule has 0 radical (unpaired) electrons. The highest BCUT2D eigenvalue weighted by Crippen LogP contribution is 2.16. The summed E-state index contributed by atoms with van der Waals surface area (Å²) in [4.78, 5) is 37.2. The van der Waals surface area contributed by atoms with Gasteiger partial charge >= 0.3 is 11.9 Å². The largest absolute Gasteiger partial charge is 0.544 e. The van der Waals surface area contributed by atoms with Crippen molar-refractivity contribution in [3.05, 3.63) is 72.9 Å². The van der Waals surface area contributed by atoms with Crippen molar-refractivity contribution in [1.82, 2.24) is 0 Å². The lowest BCUT2D eigenvalue weighted by Crippen LogP contribution is -2.55. The molecule has 0 bridgehead atoms. The van der Waals surface area contributed by atoms with Gasteiger partial charge in [0.05, 0.1) is 40.3 Å². The van der Waals surface area contributed by atoms with Crippen LogP contribution in [0.4, 0.5) is 0 Å². The first-order chi connectivity index (χ1) is 34.1. The monoisotopic (exact) mass is 980 g/mol. The van der Waals surface area contributed by atoms with E-state index in [-0.39, 0.29) is 42.7 Å². The van der Waals surface area contributed by atoms with Gasteiger partial charge in [0.15, 0.2) is 6.10 Å². The van der Waals surface area contributed by atoms with Crippen LogP contribution in [0, 0.1) is 0 Å². The van der Waals surface area contributed by atoms with Crippen LogP contribution in [-0.4, -0.2) is 75.5 Å². The Balaban J connectivity index is 4.20. The van der Waals surface area contributed by atoms with Crippen LogP contribution < -0.4 is 5.11 Å². The summed E-state index contributed by atoms with van der Waals surface area (Å²) in [5.41, 5.74) is 0. The number of aliphatic carboxylic acids is 1. The number of hydrogen-bond donors (Lipinski definition) is 0. The number of carboxylic acids is 1. The summed E-state index contributed by atoms with van der Waals surface area (Å²) < 4.78 is 17.3. The van der Waals surface area contributed by atoms with Crippen molar-refractivity contribution in [3.63, 3.8) is 0 Å². The maximum Gasteiger partial charge on any atom is 0.306 e. The second-order valence-electron chi connectivity index (χ2n) is 20.5. The van der Waals surface area contributed by atoms with Crippen molar-refractivity contribution in [1.29, 1.82) is 0 Å². The van der Waals surface area contributed by atoms with E-state index >= 15 is 0 Å². The predicted molar refractivity (Wildman–Crippen MR) is 296 cm³/mol. The van der Waals surface area contributed by atoms with Crippen LogP contribution in [0.15, 0.2) is 72.9 Å². The number of carbonyl (C=O) groups excluding carboxylic acids is 3. The molecule has 0 amide bonds. The fourth-order valence-corrected chi connectivity index (χ4v) is 8.39. The number of ether oxygens (including phenoxy) is 3. The van der Waals surface area contributed by atoms with Gasteiger partial charge in [0.2, 0.25) is 0 Å². The number of allylic oxidation sites excluding steroid dienone is 12. The van der Waals surface area contributed by atoms with E-state index in [4.69, 9.17) is 14.2 Å². The summed E-state index contributed by atoms with van der Waals surface area (Å²) in [5.74, 6) is -1.75. The zero-order valence-corrected chi connectivity index (χ0v) is 46.2. The summed E-state index contributed by atoms with van der Waals surface area (Å²) in [6.07, 6.45) is 68.0. The van der Waals surface area contributed by atoms with E-state index in [1.165, 1.54) is 141 Å². The Bertz CT molecular complexity index is 1370. The van der Waals surface area contributed by atoms with Crippen LogP contribution in [0.1, 0.15) is 251 Å². The number of carboxylic acid groups (broad SMARTS) is 1. The van der Waals surface area contributed by atoms with Gasteiger partial charge in [0.1, 0.15) is 12.6 Å². The van der Waals surface area contributed by atoms with E-state index in [2.05, 4.69) is 86.8 Å². The molecule has 0 aromatic carbocycles. The van der Waals surface area contributed by atoms with E-state index in [0.29, 0.717) is 12.8 Å². The standard InChI is InChI=1S/C62H109NO7/c1-6-8-10-12-14-16-18-20-22-24-26-28-30-32-34-36-38-40-42-44-46-48-50-52-60(64)69-57-58(56-68-55-54-59(62(66)67)63(3,4)5)70-61(65)53-51-49-47-45-43-41-39-37-35-33-31-29-27-25-23-21-19-17-15-13-11-9-7-2/h9,11,15,17,21,23,26-29,32,34,58-59H,6-8,10,12-14,16,18-20,22,24-25,30-31,33,35-57H2,1-5H3/b11-9+,17-15+,23-21+,28-26+,29-27+,34-32+. The first-order valence-electron chi connectivity index (χ1n) is 29.0. The molecule has 2 atom stereocenters. The number of likely N-dealkylation sites (N-methyl/N-ethyl adjacent to an activating group) is 1. The number of nitrogens with zero attached hydrogens (tertiary/aromatic N) is 1. The second-order valence-corrected chi connectivity index (χ2v) is 20.5. The van der Waals surface area contributed by atoms with E-state index in [0.717, 1.165) is 77.0 Å². The van der Waals surface area contributed by atoms with Crippen molar-refractivity contribution in [3.8, 4) is 0 Å². The molecule has 404 valence electrons. The fourth-order valence-electron chi connectivity index (χ4n) is 8.39. The Morgan fingerprint density at radius 3 is 1.19 bits per heavy atom. The van der Waals surface area contributed by atoms with E-state index in [1.54, 1.807) is 21.1 Å². The third kappa shape index (κ3) is 49.7. The minimum Gasteiger partial charge on any atom is -0.544 e. The molecule has 0 fully saturated rings. The number of unbranched alkanes of at least 4 members (excludes halogenated alkanes) is 26. The fraction of sp³-hybridized carbons (Fsp3) is 0.758. The lowest BCUT2D eigenvalue weighted by molar-refractivity contribution is -0.889. The summed E-state index contributed by atoms with van der Waals surface area (Å²) in [6.45, 7) is 4.56. The van der Waals surface area contributed by atoms with Gasteiger partial charge in [0, 0.05) is 19.3 Å². The van der Waals surface area contributed by atoms with Crippen molar-refractivity contribution in [2.24, 2.45) is 0 Å². The molecule has 70 heavy (non-hydrogen) atoms. The molecule has 0 aliphatic heterocycles. The van der Waals surface area contributed by atoms with Crippen molar-refractivity contribution in [2.45, 2.75) is 264 Å². The van der Waals surface area contributed by atoms with E-state index < -0.39 is 18.1 Å². The Morgan fingerprint density at radius 2 is 0.800 bits per heavy atom. The minimum atomic E-state index is -1.13. The molecule has 0 saturated heterocycles. The molecule has 0 spiro atoms. The quantitative estimate of drug-likeness (QED) is 0.0259. The second kappa shape index (κ2) is 52.1. The molecule has 2 unspecified atom stereocenters. The predicted octanol–water partition coefficient (Wildman–Crippen LogP) is 16.1. The van der Waals surface area contributed by atoms with Crippen LogP contribution in [-0.2, 0) is 28.6 Å². The number of carbonyl (C=O) groups is 3. The first kappa shape index (κ1) is 66.8. The average Bonchev–Trinajstić information content (AvgIpc) is 3.33. The molecule has 0 rings (SSSR count). The van der Waals surface area contributed by atoms with Crippen LogP contribution in [0.3, 0.4) is 0 Å². The Kier molecular flexibility index (Phi) is 49.7. The molecular weight excluding hydrogens is 871 g/mol. The molecule has 0 saturated carbocycles. The van der Waals surface area contributed by atoms with Crippen LogP contribution in [0.2, 0.25) is 0 Å². The smallest absolute Gasteiger partial charge is 0.306 e. The van der Waals surface area contributed by atoms with Gasteiger partial charge in [-0.15, -0.1) is 0 Å². The third-order valence-corrected chi connectivity index (χ3v) is 12.8. The average molecular weight is 981 g/mol. The molecule has 0 aliphatic carbocycles. The highest BCUT2D eigenvalue weighted by atomic mass is 16.6. The highest BCUT2D eigenvalue weighted by molar-refractivity contribution is 5.70. The van der Waals surface area contributed by atoms with E-state index in [1.807, 2.05) is 0 Å². The van der Waals surface area contributed by atoms with Gasteiger partial charge in [-0.25, -0.2) is 0 Å². The number of quaternary nitrogens is 1. The molecular formula is C62H109NO7.